The van der Waals surface area contributed by atoms with Gasteiger partial charge in [-0.05, 0) is 31.2 Å². The van der Waals surface area contributed by atoms with Crippen molar-refractivity contribution in [3.63, 3.8) is 0 Å². The number of ether oxygens (including phenoxy) is 1. The van der Waals surface area contributed by atoms with E-state index in [0.717, 1.165) is 16.5 Å². The third-order valence-electron chi connectivity index (χ3n) is 4.53. The normalized spacial score (nSPS) is 16.2. The van der Waals surface area contributed by atoms with Gasteiger partial charge in [0.2, 0.25) is 0 Å². The van der Waals surface area contributed by atoms with Gasteiger partial charge in [-0.2, -0.15) is 5.06 Å². The van der Waals surface area contributed by atoms with E-state index in [0.29, 0.717) is 11.4 Å². The van der Waals surface area contributed by atoms with Crippen molar-refractivity contribution >= 4 is 22.8 Å². The number of aromatic nitrogens is 1. The molecule has 0 fully saturated rings. The standard InChI is InChI=1S/C20H18N2O4/c1-13-7-9-15(10-8-13)26-19(23)12-18-21-16-6-4-3-5-14(16)11-17(21)20(24)22(18)25-2/h3-11,18H,12H2,1-2H3. The minimum absolute atomic E-state index is 0.0148. The molecule has 1 aromatic heterocycles. The molecule has 2 aromatic carbocycles. The number of amides is 1. The fourth-order valence-electron chi connectivity index (χ4n) is 3.32. The molecule has 2 heterocycles. The molecule has 1 amide bonds. The van der Waals surface area contributed by atoms with Crippen molar-refractivity contribution in [2.24, 2.45) is 0 Å². The molecule has 0 spiro atoms. The van der Waals surface area contributed by atoms with Crippen molar-refractivity contribution in [2.45, 2.75) is 19.5 Å². The second-order valence-corrected chi connectivity index (χ2v) is 6.24. The number of aryl methyl sites for hydroxylation is 1. The first-order valence-electron chi connectivity index (χ1n) is 8.33. The predicted octanol–water partition coefficient (Wildman–Crippen LogP) is 3.46. The van der Waals surface area contributed by atoms with Gasteiger partial charge in [0.1, 0.15) is 17.6 Å². The van der Waals surface area contributed by atoms with E-state index in [1.165, 1.54) is 12.2 Å². The summed E-state index contributed by atoms with van der Waals surface area (Å²) in [6.07, 6.45) is -0.598. The van der Waals surface area contributed by atoms with Gasteiger partial charge in [-0.3, -0.25) is 14.4 Å². The maximum atomic E-state index is 12.6. The third-order valence-corrected chi connectivity index (χ3v) is 4.53. The Kier molecular flexibility index (Phi) is 3.97. The number of fused-ring (bicyclic) bond motifs is 3. The van der Waals surface area contributed by atoms with Gasteiger partial charge in [-0.15, -0.1) is 0 Å². The van der Waals surface area contributed by atoms with Crippen molar-refractivity contribution in [3.8, 4) is 5.75 Å². The number of rotatable bonds is 4. The number of para-hydroxylation sites is 1. The summed E-state index contributed by atoms with van der Waals surface area (Å²) in [6, 6.07) is 16.7. The topological polar surface area (TPSA) is 60.8 Å². The number of hydrogen-bond donors (Lipinski definition) is 0. The van der Waals surface area contributed by atoms with Crippen LogP contribution in [0.15, 0.2) is 54.6 Å². The third kappa shape index (κ3) is 2.64. The molecule has 1 aliphatic heterocycles. The lowest BCUT2D eigenvalue weighted by Gasteiger charge is -2.23. The predicted molar refractivity (Wildman–Crippen MR) is 95.6 cm³/mol. The summed E-state index contributed by atoms with van der Waals surface area (Å²) >= 11 is 0. The summed E-state index contributed by atoms with van der Waals surface area (Å²) < 4.78 is 7.25. The molecule has 132 valence electrons. The molecule has 4 rings (SSSR count). The monoisotopic (exact) mass is 350 g/mol. The molecule has 26 heavy (non-hydrogen) atoms. The summed E-state index contributed by atoms with van der Waals surface area (Å²) in [4.78, 5) is 30.3. The molecular formula is C20H18N2O4. The van der Waals surface area contributed by atoms with Crippen LogP contribution in [0.4, 0.5) is 0 Å². The Morgan fingerprint density at radius 3 is 2.58 bits per heavy atom. The molecule has 1 unspecified atom stereocenters. The van der Waals surface area contributed by atoms with Crippen molar-refractivity contribution in [1.82, 2.24) is 9.63 Å². The highest BCUT2D eigenvalue weighted by atomic mass is 16.7. The highest BCUT2D eigenvalue weighted by Crippen LogP contribution is 2.35. The quantitative estimate of drug-likeness (QED) is 0.534. The number of benzene rings is 2. The molecule has 6 nitrogen and oxygen atoms in total. The number of nitrogens with zero attached hydrogens (tertiary/aromatic N) is 2. The summed E-state index contributed by atoms with van der Waals surface area (Å²) in [7, 11) is 1.42. The first-order valence-corrected chi connectivity index (χ1v) is 8.33. The van der Waals surface area contributed by atoms with Gasteiger partial charge in [0.25, 0.3) is 5.91 Å². The van der Waals surface area contributed by atoms with Gasteiger partial charge in [0.05, 0.1) is 19.0 Å². The SMILES string of the molecule is CON1C(=O)c2cc3ccccc3n2C1CC(=O)Oc1ccc(C)cc1. The van der Waals surface area contributed by atoms with Crippen molar-refractivity contribution < 1.29 is 19.2 Å². The molecule has 1 atom stereocenters. The van der Waals surface area contributed by atoms with E-state index in [1.54, 1.807) is 12.1 Å². The van der Waals surface area contributed by atoms with Crippen LogP contribution in [0.25, 0.3) is 10.9 Å². The largest absolute Gasteiger partial charge is 0.426 e. The van der Waals surface area contributed by atoms with Crippen molar-refractivity contribution in [3.05, 3.63) is 65.9 Å². The van der Waals surface area contributed by atoms with E-state index < -0.39 is 12.1 Å². The van der Waals surface area contributed by atoms with Crippen molar-refractivity contribution in [2.75, 3.05) is 7.11 Å². The minimum atomic E-state index is -0.583. The summed E-state index contributed by atoms with van der Waals surface area (Å²) in [5.74, 6) is -0.220. The first-order chi connectivity index (χ1) is 12.6. The molecule has 0 aliphatic carbocycles. The van der Waals surface area contributed by atoms with E-state index in [9.17, 15) is 9.59 Å². The molecular weight excluding hydrogens is 332 g/mol. The molecule has 1 aliphatic rings. The average Bonchev–Trinajstić information content (AvgIpc) is 3.13. The van der Waals surface area contributed by atoms with Gasteiger partial charge in [0, 0.05) is 5.39 Å². The van der Waals surface area contributed by atoms with Crippen LogP contribution >= 0.6 is 0 Å². The Balaban J connectivity index is 1.64. The van der Waals surface area contributed by atoms with Crippen LogP contribution in [-0.2, 0) is 9.63 Å². The zero-order valence-corrected chi connectivity index (χ0v) is 14.5. The van der Waals surface area contributed by atoms with Crippen LogP contribution in [0.3, 0.4) is 0 Å². The molecule has 0 saturated heterocycles. The Labute approximate surface area is 150 Å². The summed E-state index contributed by atoms with van der Waals surface area (Å²) in [5, 5.41) is 2.17. The zero-order chi connectivity index (χ0) is 18.3. The van der Waals surface area contributed by atoms with E-state index >= 15 is 0 Å². The molecule has 0 N–H and O–H groups in total. The van der Waals surface area contributed by atoms with Crippen LogP contribution < -0.4 is 4.74 Å². The lowest BCUT2D eigenvalue weighted by molar-refractivity contribution is -0.151. The van der Waals surface area contributed by atoms with Gasteiger partial charge in [-0.1, -0.05) is 35.9 Å². The molecule has 0 saturated carbocycles. The maximum Gasteiger partial charge on any atom is 0.315 e. The van der Waals surface area contributed by atoms with E-state index in [-0.39, 0.29) is 12.3 Å². The molecule has 3 aromatic rings. The Hall–Kier alpha value is -3.12. The fourth-order valence-corrected chi connectivity index (χ4v) is 3.32. The number of esters is 1. The maximum absolute atomic E-state index is 12.6. The van der Waals surface area contributed by atoms with E-state index in [1.807, 2.05) is 54.0 Å². The van der Waals surface area contributed by atoms with Gasteiger partial charge in [-0.25, -0.2) is 0 Å². The minimum Gasteiger partial charge on any atom is -0.426 e. The van der Waals surface area contributed by atoms with Gasteiger partial charge < -0.3 is 9.30 Å². The second kappa shape index (κ2) is 6.31. The molecule has 6 heteroatoms. The zero-order valence-electron chi connectivity index (χ0n) is 14.5. The van der Waals surface area contributed by atoms with E-state index in [2.05, 4.69) is 0 Å². The molecule has 0 bridgehead atoms. The van der Waals surface area contributed by atoms with Gasteiger partial charge in [0.15, 0.2) is 0 Å². The van der Waals surface area contributed by atoms with Crippen LogP contribution in [-0.4, -0.2) is 28.6 Å². The van der Waals surface area contributed by atoms with Crippen LogP contribution in [0.2, 0.25) is 0 Å². The number of carbonyl (C=O) groups excluding carboxylic acids is 2. The summed E-state index contributed by atoms with van der Waals surface area (Å²) in [5.41, 5.74) is 2.46. The number of carbonyl (C=O) groups is 2. The summed E-state index contributed by atoms with van der Waals surface area (Å²) in [6.45, 7) is 1.96. The smallest absolute Gasteiger partial charge is 0.315 e. The first kappa shape index (κ1) is 16.4. The van der Waals surface area contributed by atoms with Crippen LogP contribution in [0, 0.1) is 6.92 Å². The average molecular weight is 350 g/mol. The Bertz CT molecular complexity index is 991. The van der Waals surface area contributed by atoms with Crippen molar-refractivity contribution in [1.29, 1.82) is 0 Å². The number of hydrogen-bond acceptors (Lipinski definition) is 4. The number of hydroxylamine groups is 2. The van der Waals surface area contributed by atoms with Crippen LogP contribution in [0.1, 0.15) is 28.6 Å². The highest BCUT2D eigenvalue weighted by molar-refractivity contribution is 6.01. The molecule has 0 radical (unpaired) electrons. The highest BCUT2D eigenvalue weighted by Gasteiger charge is 2.40. The fraction of sp³-hybridized carbons (Fsp3) is 0.200. The lowest BCUT2D eigenvalue weighted by atomic mass is 10.2. The Morgan fingerprint density at radius 1 is 1.12 bits per heavy atom. The lowest BCUT2D eigenvalue weighted by Crippen LogP contribution is -2.31. The second-order valence-electron chi connectivity index (χ2n) is 6.24. The van der Waals surface area contributed by atoms with Crippen LogP contribution in [0.5, 0.6) is 5.75 Å². The Morgan fingerprint density at radius 2 is 1.85 bits per heavy atom. The van der Waals surface area contributed by atoms with E-state index in [4.69, 9.17) is 9.57 Å². The van der Waals surface area contributed by atoms with Gasteiger partial charge >= 0.3 is 5.97 Å².